The molecule has 11 heteroatoms. The molecule has 1 saturated heterocycles. The second-order valence-corrected chi connectivity index (χ2v) is 11.6. The van der Waals surface area contributed by atoms with Crippen LogP contribution in [-0.2, 0) is 21.2 Å². The smallest absolute Gasteiger partial charge is 0.244 e. The maximum Gasteiger partial charge on any atom is 0.244 e. The van der Waals surface area contributed by atoms with Gasteiger partial charge in [-0.15, -0.1) is 0 Å². The minimum absolute atomic E-state index is 0.0505. The molecular formula is C24H26Cl2N4O4S. The number of nitrogens with zero attached hydrogens (tertiary/aromatic N) is 3. The number of amides is 1. The fourth-order valence-electron chi connectivity index (χ4n) is 3.90. The highest BCUT2D eigenvalue weighted by Gasteiger charge is 2.34. The van der Waals surface area contributed by atoms with Gasteiger partial charge in [0.05, 0.1) is 10.9 Å². The molecule has 0 unspecified atom stereocenters. The topological polar surface area (TPSA) is 105 Å². The van der Waals surface area contributed by atoms with Gasteiger partial charge in [-0.05, 0) is 48.7 Å². The summed E-state index contributed by atoms with van der Waals surface area (Å²) >= 11 is 12.1. The highest BCUT2D eigenvalue weighted by atomic mass is 35.5. The molecule has 1 amide bonds. The third-order valence-electron chi connectivity index (χ3n) is 5.83. The summed E-state index contributed by atoms with van der Waals surface area (Å²) < 4.78 is 32.8. The summed E-state index contributed by atoms with van der Waals surface area (Å²) in [6.07, 6.45) is 1.68. The Bertz CT molecular complexity index is 1310. The van der Waals surface area contributed by atoms with Crippen molar-refractivity contribution in [3.63, 3.8) is 0 Å². The Balaban J connectivity index is 1.39. The van der Waals surface area contributed by atoms with E-state index >= 15 is 0 Å². The van der Waals surface area contributed by atoms with E-state index in [1.807, 2.05) is 26.0 Å². The molecule has 3 aromatic rings. The first-order chi connectivity index (χ1) is 16.6. The van der Waals surface area contributed by atoms with E-state index in [2.05, 4.69) is 15.5 Å². The zero-order chi connectivity index (χ0) is 25.2. The molecule has 1 fully saturated rings. The van der Waals surface area contributed by atoms with Crippen molar-refractivity contribution in [3.05, 3.63) is 69.8 Å². The standard InChI is InChI=1S/C24H26Cl2N4O4S/c1-15(2)24-28-22(29-34-24)12-16-5-8-19(9-6-16)27-23(31)17-4-3-11-30(14-17)35(32,33)21-13-18(25)7-10-20(21)26/h5-10,13,15,17H,3-4,11-12,14H2,1-2H3,(H,27,31)/t17-/m0/s1. The minimum Gasteiger partial charge on any atom is -0.339 e. The number of rotatable bonds is 7. The van der Waals surface area contributed by atoms with Crippen molar-refractivity contribution < 1.29 is 17.7 Å². The lowest BCUT2D eigenvalue weighted by molar-refractivity contribution is -0.120. The summed E-state index contributed by atoms with van der Waals surface area (Å²) in [6, 6.07) is 11.7. The van der Waals surface area contributed by atoms with Crippen molar-refractivity contribution in [2.75, 3.05) is 18.4 Å². The van der Waals surface area contributed by atoms with Crippen molar-refractivity contribution in [3.8, 4) is 0 Å². The normalized spacial score (nSPS) is 17.0. The summed E-state index contributed by atoms with van der Waals surface area (Å²) in [6.45, 7) is 4.37. The molecule has 1 aliphatic rings. The van der Waals surface area contributed by atoms with Crippen molar-refractivity contribution in [1.29, 1.82) is 0 Å². The minimum atomic E-state index is -3.88. The lowest BCUT2D eigenvalue weighted by Crippen LogP contribution is -2.43. The van der Waals surface area contributed by atoms with E-state index in [0.29, 0.717) is 43.2 Å². The van der Waals surface area contributed by atoms with Crippen LogP contribution in [-0.4, -0.2) is 41.9 Å². The van der Waals surface area contributed by atoms with Crippen LogP contribution in [0, 0.1) is 5.92 Å². The molecule has 1 aliphatic heterocycles. The number of nitrogens with one attached hydrogen (secondary N) is 1. The van der Waals surface area contributed by atoms with Crippen molar-refractivity contribution in [2.45, 2.75) is 43.9 Å². The monoisotopic (exact) mass is 536 g/mol. The fraction of sp³-hybridized carbons (Fsp3) is 0.375. The van der Waals surface area contributed by atoms with Crippen LogP contribution >= 0.6 is 23.2 Å². The first kappa shape index (κ1) is 25.6. The molecule has 1 aromatic heterocycles. The lowest BCUT2D eigenvalue weighted by Gasteiger charge is -2.31. The number of carbonyl (C=O) groups is 1. The van der Waals surface area contributed by atoms with E-state index in [-0.39, 0.29) is 33.3 Å². The van der Waals surface area contributed by atoms with Crippen LogP contribution in [0.15, 0.2) is 51.9 Å². The summed E-state index contributed by atoms with van der Waals surface area (Å²) in [7, 11) is -3.88. The lowest BCUT2D eigenvalue weighted by atomic mass is 9.98. The Kier molecular flexibility index (Phi) is 7.80. The molecule has 0 bridgehead atoms. The van der Waals surface area contributed by atoms with E-state index in [9.17, 15) is 13.2 Å². The van der Waals surface area contributed by atoms with Gasteiger partial charge >= 0.3 is 0 Å². The van der Waals surface area contributed by atoms with Gasteiger partial charge in [0.2, 0.25) is 21.8 Å². The number of carbonyl (C=O) groups excluding carboxylic acids is 1. The van der Waals surface area contributed by atoms with Gasteiger partial charge in [0.15, 0.2) is 5.82 Å². The van der Waals surface area contributed by atoms with E-state index in [0.717, 1.165) is 5.56 Å². The van der Waals surface area contributed by atoms with Crippen LogP contribution in [0.4, 0.5) is 5.69 Å². The van der Waals surface area contributed by atoms with Crippen LogP contribution in [0.25, 0.3) is 0 Å². The van der Waals surface area contributed by atoms with E-state index in [4.69, 9.17) is 27.7 Å². The van der Waals surface area contributed by atoms with Gasteiger partial charge in [-0.2, -0.15) is 9.29 Å². The third kappa shape index (κ3) is 6.03. The van der Waals surface area contributed by atoms with E-state index in [1.165, 1.54) is 22.5 Å². The number of anilines is 1. The van der Waals surface area contributed by atoms with Crippen LogP contribution in [0.5, 0.6) is 0 Å². The molecule has 2 heterocycles. The van der Waals surface area contributed by atoms with Crippen molar-refractivity contribution >= 4 is 44.8 Å². The third-order valence-corrected chi connectivity index (χ3v) is 8.41. The SMILES string of the molecule is CC(C)c1nc(Cc2ccc(NC(=O)[C@H]3CCCN(S(=O)(=O)c4cc(Cl)ccc4Cl)C3)cc2)no1. The molecule has 0 spiro atoms. The van der Waals surface area contributed by atoms with Gasteiger partial charge in [0, 0.05) is 36.1 Å². The van der Waals surface area contributed by atoms with Crippen LogP contribution in [0.2, 0.25) is 10.0 Å². The number of piperidine rings is 1. The number of hydrogen-bond donors (Lipinski definition) is 1. The van der Waals surface area contributed by atoms with Crippen molar-refractivity contribution in [1.82, 2.24) is 14.4 Å². The zero-order valence-corrected chi connectivity index (χ0v) is 21.7. The van der Waals surface area contributed by atoms with Gasteiger partial charge in [-0.3, -0.25) is 4.79 Å². The Hall–Kier alpha value is -2.46. The zero-order valence-electron chi connectivity index (χ0n) is 19.4. The van der Waals surface area contributed by atoms with Crippen molar-refractivity contribution in [2.24, 2.45) is 5.92 Å². The highest BCUT2D eigenvalue weighted by Crippen LogP contribution is 2.30. The molecular weight excluding hydrogens is 511 g/mol. The summed E-state index contributed by atoms with van der Waals surface area (Å²) in [5.74, 6) is 0.667. The van der Waals surface area contributed by atoms with Gasteiger partial charge < -0.3 is 9.84 Å². The van der Waals surface area contributed by atoms with E-state index in [1.54, 1.807) is 12.1 Å². The molecule has 4 rings (SSSR count). The number of halogens is 2. The first-order valence-electron chi connectivity index (χ1n) is 11.3. The fourth-order valence-corrected chi connectivity index (χ4v) is 6.16. The molecule has 2 aromatic carbocycles. The average molecular weight is 537 g/mol. The van der Waals surface area contributed by atoms with Crippen LogP contribution < -0.4 is 5.32 Å². The van der Waals surface area contributed by atoms with Gasteiger partial charge in [-0.25, -0.2) is 8.42 Å². The number of hydrogen-bond acceptors (Lipinski definition) is 6. The van der Waals surface area contributed by atoms with Gasteiger partial charge in [0.1, 0.15) is 4.90 Å². The Morgan fingerprint density at radius 3 is 2.63 bits per heavy atom. The number of aromatic nitrogens is 2. The molecule has 1 atom stereocenters. The Morgan fingerprint density at radius 1 is 1.20 bits per heavy atom. The molecule has 186 valence electrons. The van der Waals surface area contributed by atoms with Gasteiger partial charge in [0.25, 0.3) is 0 Å². The molecule has 1 N–H and O–H groups in total. The second-order valence-electron chi connectivity index (χ2n) is 8.84. The molecule has 0 saturated carbocycles. The Labute approximate surface area is 214 Å². The largest absolute Gasteiger partial charge is 0.339 e. The maximum atomic E-state index is 13.1. The van der Waals surface area contributed by atoms with Gasteiger partial charge in [-0.1, -0.05) is 54.3 Å². The number of sulfonamides is 1. The predicted octanol–water partition coefficient (Wildman–Crippen LogP) is 5.13. The quantitative estimate of drug-likeness (QED) is 0.448. The predicted molar refractivity (Wildman–Crippen MR) is 134 cm³/mol. The maximum absolute atomic E-state index is 13.1. The van der Waals surface area contributed by atoms with Crippen LogP contribution in [0.1, 0.15) is 49.9 Å². The molecule has 0 radical (unpaired) electrons. The second kappa shape index (κ2) is 10.7. The van der Waals surface area contributed by atoms with E-state index < -0.39 is 15.9 Å². The summed E-state index contributed by atoms with van der Waals surface area (Å²) in [4.78, 5) is 17.3. The highest BCUT2D eigenvalue weighted by molar-refractivity contribution is 7.89. The average Bonchev–Trinajstić information content (AvgIpc) is 3.31. The first-order valence-corrected chi connectivity index (χ1v) is 13.5. The number of benzene rings is 2. The molecule has 0 aliphatic carbocycles. The molecule has 35 heavy (non-hydrogen) atoms. The summed E-state index contributed by atoms with van der Waals surface area (Å²) in [5, 5.41) is 7.27. The molecule has 8 nitrogen and oxygen atoms in total. The summed E-state index contributed by atoms with van der Waals surface area (Å²) in [5.41, 5.74) is 1.61. The Morgan fingerprint density at radius 2 is 1.94 bits per heavy atom. The van der Waals surface area contributed by atoms with Crippen LogP contribution in [0.3, 0.4) is 0 Å².